The monoisotopic (exact) mass is 289 g/mol. The summed E-state index contributed by atoms with van der Waals surface area (Å²) in [7, 11) is 2.09. The molecule has 2 aromatic rings. The molecule has 0 amide bonds. The van der Waals surface area contributed by atoms with Crippen LogP contribution in [-0.2, 0) is 24.8 Å². The van der Waals surface area contributed by atoms with E-state index in [2.05, 4.69) is 46.9 Å². The molecule has 0 bridgehead atoms. The molecule has 1 aliphatic heterocycles. The quantitative estimate of drug-likeness (QED) is 0.867. The van der Waals surface area contributed by atoms with Gasteiger partial charge < -0.3 is 13.8 Å². The van der Waals surface area contributed by atoms with E-state index in [-0.39, 0.29) is 6.04 Å². The normalized spacial score (nSPS) is 20.0. The Bertz CT molecular complexity index is 602. The Hall–Kier alpha value is -1.59. The largest absolute Gasteiger partial charge is 0.378 e. The fourth-order valence-electron chi connectivity index (χ4n) is 3.04. The lowest BCUT2D eigenvalue weighted by molar-refractivity contribution is -0.0154. The van der Waals surface area contributed by atoms with Crippen LogP contribution >= 0.6 is 0 Å². The summed E-state index contributed by atoms with van der Waals surface area (Å²) in [6.07, 6.45) is 3.00. The highest BCUT2D eigenvalue weighted by atomic mass is 16.5. The van der Waals surface area contributed by atoms with E-state index in [0.29, 0.717) is 0 Å². The highest BCUT2D eigenvalue weighted by Crippen LogP contribution is 2.27. The smallest absolute Gasteiger partial charge is 0.138 e. The molecule has 1 atom stereocenters. The van der Waals surface area contributed by atoms with Crippen LogP contribution in [0.4, 0.5) is 0 Å². The van der Waals surface area contributed by atoms with Crippen LogP contribution in [0, 0.1) is 6.92 Å². The average Bonchev–Trinajstić information content (AvgIpc) is 3.07. The first-order chi connectivity index (χ1) is 10.2. The number of nitrogens with zero attached hydrogens (tertiary/aromatic N) is 3. The summed E-state index contributed by atoms with van der Waals surface area (Å²) < 4.78 is 13.2. The Balaban J connectivity index is 1.85. The van der Waals surface area contributed by atoms with E-state index >= 15 is 0 Å². The first-order valence-electron chi connectivity index (χ1n) is 7.57. The first kappa shape index (κ1) is 14.4. The van der Waals surface area contributed by atoms with Crippen molar-refractivity contribution in [3.8, 4) is 0 Å². The van der Waals surface area contributed by atoms with Crippen molar-refractivity contribution >= 4 is 0 Å². The molecule has 21 heavy (non-hydrogen) atoms. The lowest BCUT2D eigenvalue weighted by Gasteiger charge is -2.35. The Morgan fingerprint density at radius 2 is 2.29 bits per heavy atom. The summed E-state index contributed by atoms with van der Waals surface area (Å²) in [6.45, 7) is 7.45. The molecule has 0 spiro atoms. The van der Waals surface area contributed by atoms with Crippen LogP contribution < -0.4 is 0 Å². The number of morpholine rings is 1. The maximum absolute atomic E-state index is 5.70. The average molecular weight is 289 g/mol. The molecule has 1 fully saturated rings. The molecule has 3 heterocycles. The highest BCUT2D eigenvalue weighted by Gasteiger charge is 2.28. The van der Waals surface area contributed by atoms with E-state index in [1.54, 1.807) is 0 Å². The summed E-state index contributed by atoms with van der Waals surface area (Å²) >= 11 is 0. The number of ether oxygens (including phenoxy) is 1. The minimum absolute atomic E-state index is 0.290. The van der Waals surface area contributed by atoms with Gasteiger partial charge in [-0.25, -0.2) is 0 Å². The van der Waals surface area contributed by atoms with E-state index < -0.39 is 0 Å². The lowest BCUT2D eigenvalue weighted by Crippen LogP contribution is -2.40. The topological polar surface area (TPSA) is 43.4 Å². The summed E-state index contributed by atoms with van der Waals surface area (Å²) in [5.74, 6) is 0.934. The van der Waals surface area contributed by atoms with Gasteiger partial charge in [-0.05, 0) is 25.5 Å². The van der Waals surface area contributed by atoms with Gasteiger partial charge in [-0.3, -0.25) is 4.90 Å². The molecule has 1 unspecified atom stereocenters. The number of rotatable bonds is 4. The second kappa shape index (κ2) is 6.03. The Kier molecular flexibility index (Phi) is 4.12. The van der Waals surface area contributed by atoms with Gasteiger partial charge in [-0.2, -0.15) is 0 Å². The Labute approximate surface area is 125 Å². The summed E-state index contributed by atoms with van der Waals surface area (Å²) in [6, 6.07) is 4.55. The molecule has 5 heteroatoms. The Morgan fingerprint density at radius 3 is 3.00 bits per heavy atom. The maximum atomic E-state index is 5.70. The first-order valence-corrected chi connectivity index (χ1v) is 7.57. The zero-order valence-corrected chi connectivity index (χ0v) is 13.0. The van der Waals surface area contributed by atoms with Gasteiger partial charge in [0.05, 0.1) is 24.9 Å². The fourth-order valence-corrected chi connectivity index (χ4v) is 3.04. The predicted octanol–water partition coefficient (Wildman–Crippen LogP) is 2.46. The van der Waals surface area contributed by atoms with E-state index in [1.807, 2.05) is 6.92 Å². The third-order valence-electron chi connectivity index (χ3n) is 4.33. The van der Waals surface area contributed by atoms with Crippen molar-refractivity contribution in [2.75, 3.05) is 19.8 Å². The second-order valence-corrected chi connectivity index (χ2v) is 5.62. The molecule has 3 rings (SSSR count). The molecule has 0 aromatic carbocycles. The highest BCUT2D eigenvalue weighted by molar-refractivity contribution is 5.23. The van der Waals surface area contributed by atoms with Gasteiger partial charge >= 0.3 is 0 Å². The molecular weight excluding hydrogens is 266 g/mol. The van der Waals surface area contributed by atoms with Crippen LogP contribution in [0.1, 0.15) is 35.7 Å². The molecular formula is C16H23N3O2. The van der Waals surface area contributed by atoms with Crippen molar-refractivity contribution in [3.05, 3.63) is 41.0 Å². The van der Waals surface area contributed by atoms with Crippen molar-refractivity contribution in [3.63, 3.8) is 0 Å². The summed E-state index contributed by atoms with van der Waals surface area (Å²) in [5.41, 5.74) is 3.60. The van der Waals surface area contributed by atoms with Crippen LogP contribution in [0.2, 0.25) is 0 Å². The predicted molar refractivity (Wildman–Crippen MR) is 80.0 cm³/mol. The minimum Gasteiger partial charge on any atom is -0.378 e. The van der Waals surface area contributed by atoms with E-state index in [0.717, 1.165) is 44.2 Å². The molecule has 0 aliphatic carbocycles. The second-order valence-electron chi connectivity index (χ2n) is 5.62. The van der Waals surface area contributed by atoms with Gasteiger partial charge in [0.1, 0.15) is 5.76 Å². The van der Waals surface area contributed by atoms with Crippen LogP contribution in [0.15, 0.2) is 22.9 Å². The SMILES string of the molecule is CCc1noc(C)c1CN1CCOCC1c1cccn1C. The third-order valence-corrected chi connectivity index (χ3v) is 4.33. The molecule has 1 aliphatic rings. The van der Waals surface area contributed by atoms with Gasteiger partial charge in [0.25, 0.3) is 0 Å². The van der Waals surface area contributed by atoms with Crippen molar-refractivity contribution in [1.29, 1.82) is 0 Å². The van der Waals surface area contributed by atoms with Crippen molar-refractivity contribution in [2.24, 2.45) is 7.05 Å². The Morgan fingerprint density at radius 1 is 1.43 bits per heavy atom. The molecule has 2 aromatic heterocycles. The number of hydrogen-bond acceptors (Lipinski definition) is 4. The van der Waals surface area contributed by atoms with Gasteiger partial charge in [0, 0.05) is 37.6 Å². The van der Waals surface area contributed by atoms with Gasteiger partial charge in [0.15, 0.2) is 0 Å². The molecule has 0 radical (unpaired) electrons. The van der Waals surface area contributed by atoms with Crippen molar-refractivity contribution in [1.82, 2.24) is 14.6 Å². The molecule has 1 saturated heterocycles. The standard InChI is InChI=1S/C16H23N3O2/c1-4-14-13(12(2)21-17-14)10-19-8-9-20-11-16(19)15-6-5-7-18(15)3/h5-7,16H,4,8-11H2,1-3H3. The van der Waals surface area contributed by atoms with Gasteiger partial charge in [0.2, 0.25) is 0 Å². The van der Waals surface area contributed by atoms with Gasteiger partial charge in [-0.15, -0.1) is 0 Å². The number of hydrogen-bond donors (Lipinski definition) is 0. The maximum Gasteiger partial charge on any atom is 0.138 e. The van der Waals surface area contributed by atoms with Crippen LogP contribution in [0.3, 0.4) is 0 Å². The van der Waals surface area contributed by atoms with Gasteiger partial charge in [-0.1, -0.05) is 12.1 Å². The van der Waals surface area contributed by atoms with E-state index in [4.69, 9.17) is 9.26 Å². The minimum atomic E-state index is 0.290. The van der Waals surface area contributed by atoms with Crippen molar-refractivity contribution < 1.29 is 9.26 Å². The van der Waals surface area contributed by atoms with Crippen LogP contribution in [0.5, 0.6) is 0 Å². The van der Waals surface area contributed by atoms with Crippen LogP contribution in [-0.4, -0.2) is 34.4 Å². The lowest BCUT2D eigenvalue weighted by atomic mass is 10.1. The number of aromatic nitrogens is 2. The third kappa shape index (κ3) is 2.76. The van der Waals surface area contributed by atoms with Crippen LogP contribution in [0.25, 0.3) is 0 Å². The summed E-state index contributed by atoms with van der Waals surface area (Å²) in [5, 5.41) is 4.17. The summed E-state index contributed by atoms with van der Waals surface area (Å²) in [4.78, 5) is 2.47. The fraction of sp³-hybridized carbons (Fsp3) is 0.562. The molecule has 0 N–H and O–H groups in total. The molecule has 0 saturated carbocycles. The molecule has 5 nitrogen and oxygen atoms in total. The number of aryl methyl sites for hydroxylation is 3. The zero-order valence-electron chi connectivity index (χ0n) is 13.0. The molecule has 114 valence electrons. The van der Waals surface area contributed by atoms with Crippen molar-refractivity contribution in [2.45, 2.75) is 32.9 Å². The zero-order chi connectivity index (χ0) is 14.8. The van der Waals surface area contributed by atoms with E-state index in [9.17, 15) is 0 Å². The van der Waals surface area contributed by atoms with E-state index in [1.165, 1.54) is 11.3 Å².